The Morgan fingerprint density at radius 1 is 1.22 bits per heavy atom. The van der Waals surface area contributed by atoms with E-state index in [1.165, 1.54) is 35.7 Å². The highest BCUT2D eigenvalue weighted by atomic mass is 32.1. The second kappa shape index (κ2) is 5.66. The van der Waals surface area contributed by atoms with Gasteiger partial charge in [-0.1, -0.05) is 38.6 Å². The number of hydrogen-bond acceptors (Lipinski definition) is 4. The van der Waals surface area contributed by atoms with E-state index in [0.29, 0.717) is 11.8 Å². The van der Waals surface area contributed by atoms with Crippen LogP contribution in [0.5, 0.6) is 0 Å². The number of nitrogens with two attached hydrogens (primary N) is 1. The van der Waals surface area contributed by atoms with Crippen molar-refractivity contribution in [2.24, 2.45) is 23.5 Å². The zero-order valence-corrected chi connectivity index (χ0v) is 12.7. The normalized spacial score (nSPS) is 30.7. The summed E-state index contributed by atoms with van der Waals surface area (Å²) >= 11 is 1.50. The van der Waals surface area contributed by atoms with Gasteiger partial charge in [-0.2, -0.15) is 0 Å². The summed E-state index contributed by atoms with van der Waals surface area (Å²) in [5.41, 5.74) is 7.60. The van der Waals surface area contributed by atoms with Gasteiger partial charge in [-0.25, -0.2) is 0 Å². The van der Waals surface area contributed by atoms with Crippen LogP contribution in [0.3, 0.4) is 0 Å². The topological polar surface area (TPSA) is 51.8 Å². The van der Waals surface area contributed by atoms with E-state index < -0.39 is 0 Å². The third-order valence-electron chi connectivity index (χ3n) is 4.54. The van der Waals surface area contributed by atoms with Crippen LogP contribution in [0.4, 0.5) is 0 Å². The van der Waals surface area contributed by atoms with Gasteiger partial charge in [0, 0.05) is 6.04 Å². The zero-order valence-electron chi connectivity index (χ0n) is 11.9. The Hall–Kier alpha value is -0.480. The van der Waals surface area contributed by atoms with Crippen LogP contribution >= 0.6 is 11.5 Å². The Morgan fingerprint density at radius 2 is 1.94 bits per heavy atom. The first-order chi connectivity index (χ1) is 8.50. The minimum atomic E-state index is 0.136. The second-order valence-electron chi connectivity index (χ2n) is 6.23. The molecule has 1 aromatic heterocycles. The summed E-state index contributed by atoms with van der Waals surface area (Å²) in [5, 5.41) is 4.25. The highest BCUT2D eigenvalue weighted by Gasteiger charge is 2.31. The van der Waals surface area contributed by atoms with Gasteiger partial charge in [-0.15, -0.1) is 5.10 Å². The van der Waals surface area contributed by atoms with E-state index >= 15 is 0 Å². The molecule has 1 aliphatic rings. The van der Waals surface area contributed by atoms with Crippen LogP contribution in [-0.4, -0.2) is 9.59 Å². The summed E-state index contributed by atoms with van der Waals surface area (Å²) in [7, 11) is 0. The Bertz CT molecular complexity index is 388. The van der Waals surface area contributed by atoms with Crippen molar-refractivity contribution in [2.75, 3.05) is 0 Å². The largest absolute Gasteiger partial charge is 0.323 e. The molecule has 102 valence electrons. The first-order valence-electron chi connectivity index (χ1n) is 7.08. The molecule has 4 heteroatoms. The maximum absolute atomic E-state index is 6.49. The lowest BCUT2D eigenvalue weighted by molar-refractivity contribution is 0.186. The van der Waals surface area contributed by atoms with Crippen molar-refractivity contribution in [3.05, 3.63) is 10.6 Å². The lowest BCUT2D eigenvalue weighted by Crippen LogP contribution is -2.29. The molecule has 2 rings (SSSR count). The summed E-state index contributed by atoms with van der Waals surface area (Å²) in [6.45, 7) is 9.05. The monoisotopic (exact) mass is 267 g/mol. The van der Waals surface area contributed by atoms with Crippen LogP contribution in [0.2, 0.25) is 0 Å². The molecule has 0 bridgehead atoms. The Kier molecular flexibility index (Phi) is 4.38. The lowest BCUT2D eigenvalue weighted by Gasteiger charge is -2.35. The predicted octanol–water partition coefficient (Wildman–Crippen LogP) is 3.73. The highest BCUT2D eigenvalue weighted by Crippen LogP contribution is 2.40. The highest BCUT2D eigenvalue weighted by molar-refractivity contribution is 7.05. The van der Waals surface area contributed by atoms with E-state index in [0.717, 1.165) is 17.5 Å². The van der Waals surface area contributed by atoms with Crippen LogP contribution in [0.1, 0.15) is 69.5 Å². The molecule has 1 fully saturated rings. The molecule has 1 aliphatic carbocycles. The van der Waals surface area contributed by atoms with Crippen molar-refractivity contribution in [1.82, 2.24) is 9.59 Å². The van der Waals surface area contributed by atoms with Gasteiger partial charge in [0.05, 0.1) is 10.6 Å². The summed E-state index contributed by atoms with van der Waals surface area (Å²) in [5.74, 6) is 2.66. The number of rotatable bonds is 3. The minimum absolute atomic E-state index is 0.136. The predicted molar refractivity (Wildman–Crippen MR) is 76.6 cm³/mol. The molecule has 0 aliphatic heterocycles. The standard InChI is InChI=1S/C14H25N3S/c1-8(2)13-14(18-17-16-13)12(15)11-6-5-9(3)10(4)7-11/h8-12H,5-7,15H2,1-4H3. The molecular weight excluding hydrogens is 242 g/mol. The van der Waals surface area contributed by atoms with Gasteiger partial charge in [-0.05, 0) is 48.0 Å². The molecule has 0 saturated heterocycles. The molecule has 1 heterocycles. The Morgan fingerprint density at radius 3 is 2.56 bits per heavy atom. The van der Waals surface area contributed by atoms with Gasteiger partial charge in [-0.3, -0.25) is 0 Å². The molecule has 3 nitrogen and oxygen atoms in total. The molecule has 4 atom stereocenters. The molecule has 0 amide bonds. The fourth-order valence-corrected chi connectivity index (χ4v) is 3.87. The number of nitrogens with zero attached hydrogens (tertiary/aromatic N) is 2. The average Bonchev–Trinajstić information content (AvgIpc) is 2.81. The molecule has 4 unspecified atom stereocenters. The summed E-state index contributed by atoms with van der Waals surface area (Å²) < 4.78 is 4.10. The van der Waals surface area contributed by atoms with E-state index in [9.17, 15) is 0 Å². The Labute approximate surface area is 114 Å². The first kappa shape index (κ1) is 13.9. The smallest absolute Gasteiger partial charge is 0.0829 e. The molecule has 1 aromatic rings. The van der Waals surface area contributed by atoms with Crippen molar-refractivity contribution in [3.8, 4) is 0 Å². The fraction of sp³-hybridized carbons (Fsp3) is 0.857. The third kappa shape index (κ3) is 2.75. The van der Waals surface area contributed by atoms with Crippen molar-refractivity contribution in [1.29, 1.82) is 0 Å². The van der Waals surface area contributed by atoms with Crippen LogP contribution in [0, 0.1) is 17.8 Å². The maximum atomic E-state index is 6.49. The SMILES string of the molecule is CC(C)c1nnsc1C(N)C1CCC(C)C(C)C1. The van der Waals surface area contributed by atoms with E-state index in [-0.39, 0.29) is 6.04 Å². The van der Waals surface area contributed by atoms with Crippen molar-refractivity contribution in [3.63, 3.8) is 0 Å². The van der Waals surface area contributed by atoms with Crippen molar-refractivity contribution in [2.45, 2.75) is 58.9 Å². The Balaban J connectivity index is 2.11. The van der Waals surface area contributed by atoms with Crippen LogP contribution < -0.4 is 5.73 Å². The zero-order chi connectivity index (χ0) is 13.3. The quantitative estimate of drug-likeness (QED) is 0.907. The van der Waals surface area contributed by atoms with Gasteiger partial charge in [0.2, 0.25) is 0 Å². The second-order valence-corrected chi connectivity index (χ2v) is 7.02. The van der Waals surface area contributed by atoms with Crippen LogP contribution in [-0.2, 0) is 0 Å². The summed E-state index contributed by atoms with van der Waals surface area (Å²) in [6, 6.07) is 0.136. The maximum Gasteiger partial charge on any atom is 0.0829 e. The molecule has 1 saturated carbocycles. The molecular formula is C14H25N3S. The third-order valence-corrected chi connectivity index (χ3v) is 5.38. The van der Waals surface area contributed by atoms with Gasteiger partial charge in [0.25, 0.3) is 0 Å². The van der Waals surface area contributed by atoms with Crippen LogP contribution in [0.25, 0.3) is 0 Å². The average molecular weight is 267 g/mol. The van der Waals surface area contributed by atoms with Crippen molar-refractivity contribution >= 4 is 11.5 Å². The van der Waals surface area contributed by atoms with E-state index in [2.05, 4.69) is 37.3 Å². The fourth-order valence-electron chi connectivity index (χ4n) is 2.97. The molecule has 0 radical (unpaired) electrons. The number of aromatic nitrogens is 2. The first-order valence-corrected chi connectivity index (χ1v) is 7.85. The summed E-state index contributed by atoms with van der Waals surface area (Å²) in [4.78, 5) is 1.22. The summed E-state index contributed by atoms with van der Waals surface area (Å²) in [6.07, 6.45) is 3.81. The molecule has 0 spiro atoms. The molecule has 2 N–H and O–H groups in total. The minimum Gasteiger partial charge on any atom is -0.323 e. The van der Waals surface area contributed by atoms with Gasteiger partial charge in [0.15, 0.2) is 0 Å². The van der Waals surface area contributed by atoms with Crippen molar-refractivity contribution < 1.29 is 0 Å². The van der Waals surface area contributed by atoms with E-state index in [1.807, 2.05) is 0 Å². The van der Waals surface area contributed by atoms with Gasteiger partial charge in [0.1, 0.15) is 0 Å². The van der Waals surface area contributed by atoms with E-state index in [1.54, 1.807) is 0 Å². The molecule has 18 heavy (non-hydrogen) atoms. The van der Waals surface area contributed by atoms with E-state index in [4.69, 9.17) is 5.73 Å². The molecule has 0 aromatic carbocycles. The number of hydrogen-bond donors (Lipinski definition) is 1. The lowest BCUT2D eigenvalue weighted by atomic mass is 9.73. The van der Waals surface area contributed by atoms with Gasteiger partial charge < -0.3 is 5.73 Å². The van der Waals surface area contributed by atoms with Gasteiger partial charge >= 0.3 is 0 Å². The van der Waals surface area contributed by atoms with Crippen LogP contribution in [0.15, 0.2) is 0 Å².